The standard InChI is InChI=1S/C77H84N8O24/c1-6-32-103-72(96)78-31-12-11-17-53(83-71(95)55(34-44-14-9-8-10-15-44)84-69(93)42(3)79-73(97)104-33-7-2)70(94)80-48-25-19-45(20-26-48)39-105-74(98)81-49-27-21-46(22-28-49)40-106-75(99)82-50-29-23-47(24-30-50)41-107-76(100)85-54-35-59(108-43(4)64(54)88)109-57-37-77(101,58(87)38-86)36-52-61(57)68(92)63-62(66(52)90)65(89)51-16-13-18-56(102-5)60(51)67(63)91/h6-10,13-16,18-30,42-43,53-55,57,59,64,86,88,90,92,101H,1-2,11-12,17,31-41H2,3-5H3,(H,78,96)(H,79,97)(H,80,94)(H,81,98)(H,82,99)(H,83,95)(H,84,93)(H,85,100)/t42-,43+,53+,54+,55+,57+,59+,64-,77+/m1/s1. The van der Waals surface area contributed by atoms with E-state index in [2.05, 4.69) is 55.7 Å². The Kier molecular flexibility index (Phi) is 28.1. The molecule has 32 heteroatoms. The van der Waals surface area contributed by atoms with E-state index in [9.17, 15) is 78.3 Å². The molecule has 8 amide bonds. The zero-order valence-electron chi connectivity index (χ0n) is 59.6. The third kappa shape index (κ3) is 21.3. The first kappa shape index (κ1) is 80.9. The number of Topliss-reactive ketones (excluding diaryl/α,β-unsaturated/α-hetero) is 1. The number of unbranched alkanes of at least 4 members (excludes halogenated alkanes) is 1. The average Bonchev–Trinajstić information content (AvgIpc) is 0.710. The van der Waals surface area contributed by atoms with Gasteiger partial charge in [-0.05, 0) is 97.8 Å². The van der Waals surface area contributed by atoms with Gasteiger partial charge >= 0.3 is 30.5 Å². The van der Waals surface area contributed by atoms with Crippen molar-refractivity contribution in [3.63, 3.8) is 0 Å². The van der Waals surface area contributed by atoms with Crippen molar-refractivity contribution in [1.29, 1.82) is 0 Å². The molecule has 1 fully saturated rings. The van der Waals surface area contributed by atoms with Gasteiger partial charge in [-0.25, -0.2) is 24.0 Å². The molecule has 6 aromatic rings. The number of anilines is 3. The number of aliphatic hydroxyl groups is 3. The molecule has 32 nitrogen and oxygen atoms in total. The first-order chi connectivity index (χ1) is 52.3. The van der Waals surface area contributed by atoms with Gasteiger partial charge in [0.15, 0.2) is 17.9 Å². The largest absolute Gasteiger partial charge is 0.507 e. The van der Waals surface area contributed by atoms with Crippen LogP contribution in [0.3, 0.4) is 0 Å². The Labute approximate surface area is 624 Å². The van der Waals surface area contributed by atoms with E-state index in [1.807, 2.05) is 0 Å². The number of fused-ring (bicyclic) bond motifs is 3. The lowest BCUT2D eigenvalue weighted by molar-refractivity contribution is -0.249. The number of aromatic hydroxyl groups is 2. The molecule has 2 aliphatic carbocycles. The van der Waals surface area contributed by atoms with Crippen LogP contribution in [0.25, 0.3) is 0 Å². The van der Waals surface area contributed by atoms with Crippen molar-refractivity contribution in [3.05, 3.63) is 202 Å². The fourth-order valence-corrected chi connectivity index (χ4v) is 12.3. The second kappa shape index (κ2) is 37.8. The monoisotopic (exact) mass is 1500 g/mol. The molecule has 109 heavy (non-hydrogen) atoms. The number of methoxy groups -OCH3 is 1. The fourth-order valence-electron chi connectivity index (χ4n) is 12.3. The molecule has 0 saturated carbocycles. The number of amides is 8. The van der Waals surface area contributed by atoms with Gasteiger partial charge in [0.05, 0.1) is 42.0 Å². The van der Waals surface area contributed by atoms with Gasteiger partial charge in [0.2, 0.25) is 23.5 Å². The van der Waals surface area contributed by atoms with Crippen molar-refractivity contribution in [3.8, 4) is 17.2 Å². The quantitative estimate of drug-likeness (QED) is 0.00873. The predicted octanol–water partition coefficient (Wildman–Crippen LogP) is 7.00. The molecule has 576 valence electrons. The number of carbonyl (C=O) groups excluding carboxylic acids is 11. The molecule has 13 N–H and O–H groups in total. The zero-order chi connectivity index (χ0) is 78.5. The summed E-state index contributed by atoms with van der Waals surface area (Å²) in [6, 6.07) is 27.4. The van der Waals surface area contributed by atoms with Crippen molar-refractivity contribution in [2.45, 2.75) is 133 Å². The maximum atomic E-state index is 14.1. The number of nitrogens with one attached hydrogen (secondary N) is 8. The van der Waals surface area contributed by atoms with Crippen molar-refractivity contribution < 1.29 is 116 Å². The van der Waals surface area contributed by atoms with Crippen molar-refractivity contribution in [1.82, 2.24) is 26.6 Å². The Morgan fingerprint density at radius 3 is 1.75 bits per heavy atom. The Morgan fingerprint density at radius 2 is 1.17 bits per heavy atom. The van der Waals surface area contributed by atoms with Crippen LogP contribution in [0.1, 0.15) is 117 Å². The number of ether oxygens (including phenoxy) is 8. The normalized spacial score (nSPS) is 18.3. The molecule has 3 aliphatic rings. The molecule has 0 aromatic heterocycles. The molecule has 9 atom stereocenters. The molecule has 1 saturated heterocycles. The van der Waals surface area contributed by atoms with E-state index in [4.69, 9.17) is 37.9 Å². The van der Waals surface area contributed by atoms with E-state index in [0.29, 0.717) is 52.2 Å². The maximum Gasteiger partial charge on any atom is 0.411 e. The number of benzene rings is 6. The third-order valence-electron chi connectivity index (χ3n) is 17.9. The van der Waals surface area contributed by atoms with Crippen LogP contribution in [0.15, 0.2) is 147 Å². The van der Waals surface area contributed by atoms with E-state index in [1.54, 1.807) is 91.0 Å². The summed E-state index contributed by atoms with van der Waals surface area (Å²) < 4.78 is 43.7. The molecule has 0 unspecified atom stereocenters. The lowest BCUT2D eigenvalue weighted by Gasteiger charge is -2.42. The highest BCUT2D eigenvalue weighted by Crippen LogP contribution is 2.53. The van der Waals surface area contributed by atoms with E-state index >= 15 is 0 Å². The van der Waals surface area contributed by atoms with Gasteiger partial charge in [0.1, 0.15) is 86.7 Å². The van der Waals surface area contributed by atoms with Gasteiger partial charge < -0.3 is 95.3 Å². The molecule has 1 aliphatic heterocycles. The molecular weight excluding hydrogens is 1420 g/mol. The first-order valence-electron chi connectivity index (χ1n) is 34.6. The van der Waals surface area contributed by atoms with Crippen LogP contribution in [-0.2, 0) is 85.0 Å². The van der Waals surface area contributed by atoms with Crippen LogP contribution in [0.2, 0.25) is 0 Å². The smallest absolute Gasteiger partial charge is 0.411 e. The van der Waals surface area contributed by atoms with Gasteiger partial charge in [-0.15, -0.1) is 0 Å². The highest BCUT2D eigenvalue weighted by atomic mass is 16.7. The lowest BCUT2D eigenvalue weighted by Crippen LogP contribution is -2.56. The molecule has 9 rings (SSSR count). The van der Waals surface area contributed by atoms with Crippen molar-refractivity contribution in [2.75, 3.05) is 49.4 Å². The first-order valence-corrected chi connectivity index (χ1v) is 34.6. The minimum absolute atomic E-state index is 0.0147. The van der Waals surface area contributed by atoms with E-state index in [1.165, 1.54) is 63.4 Å². The minimum Gasteiger partial charge on any atom is -0.507 e. The van der Waals surface area contributed by atoms with Gasteiger partial charge in [-0.1, -0.05) is 104 Å². The number of phenolic OH excluding ortho intramolecular Hbond substituents is 2. The average molecular weight is 1510 g/mol. The van der Waals surface area contributed by atoms with Crippen LogP contribution >= 0.6 is 0 Å². The van der Waals surface area contributed by atoms with Crippen LogP contribution in [-0.4, -0.2) is 173 Å². The van der Waals surface area contributed by atoms with Crippen LogP contribution in [0.4, 0.5) is 41.0 Å². The highest BCUT2D eigenvalue weighted by Gasteiger charge is 2.51. The van der Waals surface area contributed by atoms with Crippen LogP contribution in [0.5, 0.6) is 17.2 Å². The SMILES string of the molecule is C=CCOC(=O)NCCCC[C@H](NC(=O)[C@H](Cc1ccccc1)NC(=O)[C@@H](C)NC(=O)OCC=C)C(=O)Nc1ccc(COC(=O)Nc2ccc(COC(=O)Nc3ccc(COC(=O)N[C@H]4C[C@H](O[C@H]5C[C@](O)(C(=O)CO)Cc6c(O)c7c(c(O)c65)C(=O)c5c(OC)cccc5C7=O)O[C@@H](C)[C@H]4O)cc3)cc2)cc1. The summed E-state index contributed by atoms with van der Waals surface area (Å²) in [6.07, 6.45) is -7.34. The van der Waals surface area contributed by atoms with Gasteiger partial charge in [-0.2, -0.15) is 0 Å². The number of ketones is 3. The Balaban J connectivity index is 0.715. The van der Waals surface area contributed by atoms with Gasteiger partial charge in [0.25, 0.3) is 0 Å². The molecule has 1 heterocycles. The Hall–Kier alpha value is -12.2. The summed E-state index contributed by atoms with van der Waals surface area (Å²) in [5, 5.41) is 77.4. The number of hydrogen-bond donors (Lipinski definition) is 13. The Bertz CT molecular complexity index is 4350. The summed E-state index contributed by atoms with van der Waals surface area (Å²) in [6.45, 7) is 8.27. The molecular formula is C77H84N8O24. The van der Waals surface area contributed by atoms with Gasteiger partial charge in [0, 0.05) is 66.0 Å². The van der Waals surface area contributed by atoms with E-state index in [0.717, 1.165) is 0 Å². The summed E-state index contributed by atoms with van der Waals surface area (Å²) in [7, 11) is 1.28. The second-order valence-electron chi connectivity index (χ2n) is 25.7. The highest BCUT2D eigenvalue weighted by molar-refractivity contribution is 6.31. The van der Waals surface area contributed by atoms with Crippen molar-refractivity contribution in [2.24, 2.45) is 0 Å². The Morgan fingerprint density at radius 1 is 0.615 bits per heavy atom. The van der Waals surface area contributed by atoms with Crippen molar-refractivity contribution >= 4 is 82.6 Å². The minimum atomic E-state index is -2.42. The summed E-state index contributed by atoms with van der Waals surface area (Å²) in [4.78, 5) is 146. The number of phenols is 2. The summed E-state index contributed by atoms with van der Waals surface area (Å²) in [5.74, 6) is -6.36. The lowest BCUT2D eigenvalue weighted by atomic mass is 9.72. The maximum absolute atomic E-state index is 14.1. The molecule has 0 spiro atoms. The van der Waals surface area contributed by atoms with Gasteiger partial charge in [-0.3, -0.25) is 39.4 Å². The van der Waals surface area contributed by atoms with Crippen LogP contribution in [0, 0.1) is 0 Å². The number of carbonyl (C=O) groups is 11. The number of alkyl carbamates (subject to hydrolysis) is 3. The fraction of sp³-hybridized carbons (Fsp3) is 0.338. The third-order valence-corrected chi connectivity index (χ3v) is 17.9. The van der Waals surface area contributed by atoms with E-state index < -0.39 is 162 Å². The van der Waals surface area contributed by atoms with Crippen LogP contribution < -0.4 is 47.3 Å². The number of rotatable bonds is 32. The summed E-state index contributed by atoms with van der Waals surface area (Å²) in [5.41, 5.74) is -1.12. The zero-order valence-corrected chi connectivity index (χ0v) is 59.6. The number of hydrogen-bond acceptors (Lipinski definition) is 24. The summed E-state index contributed by atoms with van der Waals surface area (Å²) >= 11 is 0. The topological polar surface area (TPSA) is 459 Å². The molecule has 0 radical (unpaired) electrons. The number of aliphatic hydroxyl groups excluding tert-OH is 2. The second-order valence-corrected chi connectivity index (χ2v) is 25.7. The predicted molar refractivity (Wildman–Crippen MR) is 388 cm³/mol. The molecule has 6 aromatic carbocycles. The molecule has 0 bridgehead atoms. The van der Waals surface area contributed by atoms with E-state index in [-0.39, 0.29) is 86.8 Å².